The molecule has 1 aromatic rings. The van der Waals surface area contributed by atoms with Crippen molar-refractivity contribution in [3.05, 3.63) is 36.2 Å². The number of rotatable bonds is 2. The Bertz CT molecular complexity index is 475. The van der Waals surface area contributed by atoms with Crippen molar-refractivity contribution in [3.8, 4) is 0 Å². The number of pyridine rings is 1. The SMILES string of the molecule is CC(C)(C)OC(=O)C1C=C(c2cc[c]cn2)CCN1. The maximum absolute atomic E-state index is 12.0. The second-order valence-corrected chi connectivity index (χ2v) is 5.55. The highest BCUT2D eigenvalue weighted by Gasteiger charge is 2.26. The lowest BCUT2D eigenvalue weighted by molar-refractivity contribution is -0.156. The molecule has 1 radical (unpaired) electrons. The summed E-state index contributed by atoms with van der Waals surface area (Å²) in [5, 5.41) is 3.15. The van der Waals surface area contributed by atoms with Crippen molar-refractivity contribution in [1.29, 1.82) is 0 Å². The third-order valence-electron chi connectivity index (χ3n) is 2.73. The van der Waals surface area contributed by atoms with Crippen LogP contribution in [-0.4, -0.2) is 29.1 Å². The van der Waals surface area contributed by atoms with Crippen LogP contribution in [0.25, 0.3) is 5.57 Å². The number of hydrogen-bond donors (Lipinski definition) is 1. The molecule has 0 aliphatic carbocycles. The molecule has 2 heterocycles. The zero-order chi connectivity index (χ0) is 13.9. The molecule has 1 atom stereocenters. The Labute approximate surface area is 113 Å². The summed E-state index contributed by atoms with van der Waals surface area (Å²) >= 11 is 0. The molecule has 19 heavy (non-hydrogen) atoms. The molecule has 4 nitrogen and oxygen atoms in total. The van der Waals surface area contributed by atoms with Gasteiger partial charge in [0, 0.05) is 18.8 Å². The molecule has 4 heteroatoms. The van der Waals surface area contributed by atoms with Gasteiger partial charge in [0.1, 0.15) is 11.6 Å². The molecule has 0 amide bonds. The van der Waals surface area contributed by atoms with Crippen LogP contribution in [0, 0.1) is 6.07 Å². The monoisotopic (exact) mass is 259 g/mol. The van der Waals surface area contributed by atoms with Crippen LogP contribution in [0.15, 0.2) is 24.4 Å². The first-order chi connectivity index (χ1) is 8.96. The van der Waals surface area contributed by atoms with Gasteiger partial charge in [0.15, 0.2) is 0 Å². The summed E-state index contributed by atoms with van der Waals surface area (Å²) in [7, 11) is 0. The van der Waals surface area contributed by atoms with Gasteiger partial charge in [0.05, 0.1) is 5.69 Å². The Balaban J connectivity index is 2.14. The van der Waals surface area contributed by atoms with Crippen molar-refractivity contribution in [3.63, 3.8) is 0 Å². The van der Waals surface area contributed by atoms with Crippen LogP contribution in [0.4, 0.5) is 0 Å². The molecule has 1 unspecified atom stereocenters. The van der Waals surface area contributed by atoms with E-state index in [1.165, 1.54) is 0 Å². The Morgan fingerprint density at radius 1 is 1.53 bits per heavy atom. The molecule has 1 aliphatic rings. The first-order valence-corrected chi connectivity index (χ1v) is 6.45. The van der Waals surface area contributed by atoms with Crippen molar-refractivity contribution < 1.29 is 9.53 Å². The Morgan fingerprint density at radius 3 is 2.95 bits per heavy atom. The number of nitrogens with one attached hydrogen (secondary N) is 1. The average Bonchev–Trinajstić information content (AvgIpc) is 2.38. The van der Waals surface area contributed by atoms with E-state index >= 15 is 0 Å². The van der Waals surface area contributed by atoms with Crippen molar-refractivity contribution in [1.82, 2.24) is 10.3 Å². The van der Waals surface area contributed by atoms with E-state index in [4.69, 9.17) is 4.74 Å². The van der Waals surface area contributed by atoms with Gasteiger partial charge in [-0.15, -0.1) is 0 Å². The topological polar surface area (TPSA) is 51.2 Å². The van der Waals surface area contributed by atoms with Gasteiger partial charge < -0.3 is 10.1 Å². The highest BCUT2D eigenvalue weighted by Crippen LogP contribution is 2.20. The molecule has 0 fully saturated rings. The van der Waals surface area contributed by atoms with Gasteiger partial charge in [0.2, 0.25) is 0 Å². The van der Waals surface area contributed by atoms with E-state index in [1.54, 1.807) is 6.20 Å². The fourth-order valence-electron chi connectivity index (χ4n) is 1.95. The molecule has 0 spiro atoms. The van der Waals surface area contributed by atoms with Gasteiger partial charge in [-0.1, -0.05) is 12.1 Å². The predicted octanol–water partition coefficient (Wildman–Crippen LogP) is 1.97. The van der Waals surface area contributed by atoms with E-state index in [0.717, 1.165) is 24.2 Å². The van der Waals surface area contributed by atoms with Crippen molar-refractivity contribution >= 4 is 11.5 Å². The van der Waals surface area contributed by atoms with Crippen LogP contribution in [0.2, 0.25) is 0 Å². The average molecular weight is 259 g/mol. The van der Waals surface area contributed by atoms with E-state index in [2.05, 4.69) is 16.4 Å². The smallest absolute Gasteiger partial charge is 0.327 e. The lowest BCUT2D eigenvalue weighted by Crippen LogP contribution is -2.42. The molecule has 0 saturated carbocycles. The van der Waals surface area contributed by atoms with Crippen LogP contribution in [0.3, 0.4) is 0 Å². The van der Waals surface area contributed by atoms with Gasteiger partial charge in [-0.2, -0.15) is 0 Å². The minimum atomic E-state index is -0.468. The molecule has 0 saturated heterocycles. The van der Waals surface area contributed by atoms with Gasteiger partial charge in [0.25, 0.3) is 0 Å². The number of hydrogen-bond acceptors (Lipinski definition) is 4. The zero-order valence-electron chi connectivity index (χ0n) is 11.6. The predicted molar refractivity (Wildman–Crippen MR) is 73.3 cm³/mol. The number of nitrogens with zero attached hydrogens (tertiary/aromatic N) is 1. The van der Waals surface area contributed by atoms with Crippen LogP contribution in [0.5, 0.6) is 0 Å². The molecule has 1 N–H and O–H groups in total. The summed E-state index contributed by atoms with van der Waals surface area (Å²) in [4.78, 5) is 16.3. The second-order valence-electron chi connectivity index (χ2n) is 5.55. The highest BCUT2D eigenvalue weighted by molar-refractivity contribution is 5.82. The van der Waals surface area contributed by atoms with E-state index in [0.29, 0.717) is 0 Å². The number of esters is 1. The summed E-state index contributed by atoms with van der Waals surface area (Å²) in [5.74, 6) is -0.243. The quantitative estimate of drug-likeness (QED) is 0.825. The van der Waals surface area contributed by atoms with Crippen LogP contribution in [0.1, 0.15) is 32.9 Å². The normalized spacial score (nSPS) is 19.7. The summed E-state index contributed by atoms with van der Waals surface area (Å²) in [6.45, 7) is 6.35. The van der Waals surface area contributed by atoms with Crippen molar-refractivity contribution in [2.75, 3.05) is 6.54 Å². The zero-order valence-corrected chi connectivity index (χ0v) is 11.6. The molecule has 101 valence electrons. The van der Waals surface area contributed by atoms with Gasteiger partial charge in [-0.25, -0.2) is 4.79 Å². The van der Waals surface area contributed by atoms with Crippen LogP contribution in [-0.2, 0) is 9.53 Å². The van der Waals surface area contributed by atoms with E-state index in [1.807, 2.05) is 39.0 Å². The molecular formula is C15H19N2O2. The first kappa shape index (κ1) is 13.7. The van der Waals surface area contributed by atoms with E-state index < -0.39 is 11.6 Å². The largest absolute Gasteiger partial charge is 0.459 e. The van der Waals surface area contributed by atoms with Gasteiger partial charge in [-0.3, -0.25) is 4.98 Å². The third-order valence-corrected chi connectivity index (χ3v) is 2.73. The maximum Gasteiger partial charge on any atom is 0.327 e. The lowest BCUT2D eigenvalue weighted by atomic mass is 10.0. The molecule has 1 aliphatic heterocycles. The fraction of sp³-hybridized carbons (Fsp3) is 0.467. The summed E-state index contributed by atoms with van der Waals surface area (Å²) in [5.41, 5.74) is 1.50. The van der Waals surface area contributed by atoms with Crippen LogP contribution < -0.4 is 5.32 Å². The minimum Gasteiger partial charge on any atom is -0.459 e. The van der Waals surface area contributed by atoms with Gasteiger partial charge in [-0.05, 0) is 38.8 Å². The maximum atomic E-state index is 12.0. The number of aromatic nitrogens is 1. The number of carbonyl (C=O) groups is 1. The van der Waals surface area contributed by atoms with Crippen LogP contribution >= 0.6 is 0 Å². The second kappa shape index (κ2) is 5.53. The highest BCUT2D eigenvalue weighted by atomic mass is 16.6. The van der Waals surface area contributed by atoms with Crippen molar-refractivity contribution in [2.24, 2.45) is 0 Å². The summed E-state index contributed by atoms with van der Waals surface area (Å²) in [6, 6.07) is 6.23. The minimum absolute atomic E-state index is 0.243. The Morgan fingerprint density at radius 2 is 2.32 bits per heavy atom. The van der Waals surface area contributed by atoms with Gasteiger partial charge >= 0.3 is 5.97 Å². The number of carbonyl (C=O) groups excluding carboxylic acids is 1. The van der Waals surface area contributed by atoms with E-state index in [9.17, 15) is 4.79 Å². The fourth-order valence-corrected chi connectivity index (χ4v) is 1.95. The first-order valence-electron chi connectivity index (χ1n) is 6.45. The molecule has 0 bridgehead atoms. The summed E-state index contributed by atoms with van der Waals surface area (Å²) < 4.78 is 5.39. The molecule has 2 rings (SSSR count). The standard InChI is InChI=1S/C15H19N2O2/c1-15(2,3)19-14(18)13-10-11(7-9-17-13)12-6-4-5-8-16-12/h4,6,8,10,13,17H,7,9H2,1-3H3. The third kappa shape index (κ3) is 3.89. The summed E-state index contributed by atoms with van der Waals surface area (Å²) in [6.07, 6.45) is 4.40. The van der Waals surface area contributed by atoms with E-state index in [-0.39, 0.29) is 5.97 Å². The molecule has 0 aromatic carbocycles. The van der Waals surface area contributed by atoms with Crippen molar-refractivity contribution in [2.45, 2.75) is 38.8 Å². The molecule has 1 aromatic heterocycles. The number of ether oxygens (including phenoxy) is 1. The molecular weight excluding hydrogens is 240 g/mol. The lowest BCUT2D eigenvalue weighted by Gasteiger charge is -2.26. The Hall–Kier alpha value is -1.68. The Kier molecular flexibility index (Phi) is 4.00.